The van der Waals surface area contributed by atoms with Gasteiger partial charge in [0.1, 0.15) is 6.61 Å². The third-order valence-corrected chi connectivity index (χ3v) is 4.93. The van der Waals surface area contributed by atoms with Crippen molar-refractivity contribution in [2.75, 3.05) is 6.61 Å². The Morgan fingerprint density at radius 2 is 1.84 bits per heavy atom. The maximum Gasteiger partial charge on any atom is 0.310 e. The molecular weight excluding hydrogens is 384 g/mol. The van der Waals surface area contributed by atoms with Crippen molar-refractivity contribution in [2.45, 2.75) is 71.6 Å². The lowest BCUT2D eigenvalue weighted by atomic mass is 10.1. The molecule has 0 aliphatic heterocycles. The topological polar surface area (TPSA) is 52.6 Å². The van der Waals surface area contributed by atoms with Crippen molar-refractivity contribution in [2.24, 2.45) is 11.8 Å². The monoisotopic (exact) mass is 414 g/mol. The summed E-state index contributed by atoms with van der Waals surface area (Å²) in [6.07, 6.45) is 15.4. The summed E-state index contributed by atoms with van der Waals surface area (Å²) in [6.45, 7) is 3.77. The van der Waals surface area contributed by atoms with Gasteiger partial charge >= 0.3 is 11.9 Å². The second-order valence-corrected chi connectivity index (χ2v) is 7.73. The number of ether oxygens (including phenoxy) is 2. The Labute approximate surface area is 160 Å². The van der Waals surface area contributed by atoms with E-state index in [-0.39, 0.29) is 18.5 Å². The molecule has 2 atom stereocenters. The average Bonchev–Trinajstić information content (AvgIpc) is 3.33. The first kappa shape index (κ1) is 21.9. The maximum absolute atomic E-state index is 11.7. The van der Waals surface area contributed by atoms with Crippen LogP contribution in [0.5, 0.6) is 0 Å². The lowest BCUT2D eigenvalue weighted by Gasteiger charge is -2.01. The molecule has 0 bridgehead atoms. The summed E-state index contributed by atoms with van der Waals surface area (Å²) in [5.41, 5.74) is 0. The second-order valence-electron chi connectivity index (χ2n) is 6.71. The molecule has 1 saturated carbocycles. The van der Waals surface area contributed by atoms with Gasteiger partial charge in [0.25, 0.3) is 0 Å². The predicted octanol–water partition coefficient (Wildman–Crippen LogP) is 5.66. The zero-order valence-electron chi connectivity index (χ0n) is 15.5. The first-order valence-electron chi connectivity index (χ1n) is 9.37. The van der Waals surface area contributed by atoms with E-state index in [1.807, 2.05) is 0 Å². The van der Waals surface area contributed by atoms with Gasteiger partial charge in [-0.2, -0.15) is 0 Å². The molecule has 4 nitrogen and oxygen atoms in total. The molecule has 2 unspecified atom stereocenters. The van der Waals surface area contributed by atoms with Crippen LogP contribution in [0.3, 0.4) is 0 Å². The van der Waals surface area contributed by atoms with Gasteiger partial charge in [0, 0.05) is 17.8 Å². The zero-order chi connectivity index (χ0) is 18.5. The summed E-state index contributed by atoms with van der Waals surface area (Å²) in [6, 6.07) is 0. The van der Waals surface area contributed by atoms with Gasteiger partial charge in [-0.05, 0) is 36.8 Å². The minimum absolute atomic E-state index is 0.176. The van der Waals surface area contributed by atoms with Gasteiger partial charge in [0.05, 0.1) is 6.26 Å². The van der Waals surface area contributed by atoms with E-state index >= 15 is 0 Å². The molecule has 142 valence electrons. The van der Waals surface area contributed by atoms with Crippen molar-refractivity contribution in [3.05, 3.63) is 22.9 Å². The van der Waals surface area contributed by atoms with Crippen LogP contribution >= 0.6 is 15.9 Å². The van der Waals surface area contributed by atoms with Crippen LogP contribution in [0.1, 0.15) is 71.6 Å². The molecule has 0 heterocycles. The standard InChI is InChI=1S/C20H31BrO4/c1-3-4-5-6-7-9-17-14-18(17)11-12-20(23)24-13-8-10-19(21)15-25-16(2)22/h8,10,13,17-18H,3-7,9,11-12,14-15H2,1-2H3. The van der Waals surface area contributed by atoms with E-state index in [0.29, 0.717) is 10.9 Å². The fourth-order valence-electron chi connectivity index (χ4n) is 2.87. The number of hydrogen-bond donors (Lipinski definition) is 0. The number of unbranched alkanes of at least 4 members (excludes halogenated alkanes) is 4. The number of rotatable bonds is 13. The Morgan fingerprint density at radius 1 is 1.12 bits per heavy atom. The molecule has 0 spiro atoms. The second kappa shape index (κ2) is 13.2. The van der Waals surface area contributed by atoms with Crippen molar-refractivity contribution in [3.8, 4) is 0 Å². The van der Waals surface area contributed by atoms with Crippen molar-refractivity contribution in [1.82, 2.24) is 0 Å². The molecule has 0 saturated heterocycles. The molecule has 0 aromatic heterocycles. The Morgan fingerprint density at radius 3 is 2.56 bits per heavy atom. The molecule has 1 aliphatic carbocycles. The SMILES string of the molecule is CCCCCCCC1CC1CCC(=O)OC=CC=C(Br)COC(C)=O. The average molecular weight is 415 g/mol. The van der Waals surface area contributed by atoms with E-state index in [1.165, 1.54) is 58.1 Å². The number of hydrogen-bond acceptors (Lipinski definition) is 4. The minimum atomic E-state index is -0.333. The number of esters is 2. The lowest BCUT2D eigenvalue weighted by Crippen LogP contribution is -2.00. The highest BCUT2D eigenvalue weighted by atomic mass is 79.9. The van der Waals surface area contributed by atoms with Gasteiger partial charge < -0.3 is 9.47 Å². The van der Waals surface area contributed by atoms with E-state index in [2.05, 4.69) is 22.9 Å². The van der Waals surface area contributed by atoms with Crippen molar-refractivity contribution in [3.63, 3.8) is 0 Å². The maximum atomic E-state index is 11.7. The number of allylic oxidation sites excluding steroid dienone is 2. The van der Waals surface area contributed by atoms with Gasteiger partial charge in [0.15, 0.2) is 0 Å². The summed E-state index contributed by atoms with van der Waals surface area (Å²) in [5.74, 6) is 1.04. The van der Waals surface area contributed by atoms with Crippen LogP contribution in [0.2, 0.25) is 0 Å². The minimum Gasteiger partial charge on any atom is -0.460 e. The van der Waals surface area contributed by atoms with Crippen LogP contribution in [0.25, 0.3) is 0 Å². The molecule has 5 heteroatoms. The number of carbonyl (C=O) groups is 2. The largest absolute Gasteiger partial charge is 0.460 e. The van der Waals surface area contributed by atoms with E-state index in [4.69, 9.17) is 9.47 Å². The first-order chi connectivity index (χ1) is 12.0. The van der Waals surface area contributed by atoms with Crippen LogP contribution < -0.4 is 0 Å². The zero-order valence-corrected chi connectivity index (χ0v) is 17.1. The molecule has 1 aliphatic rings. The van der Waals surface area contributed by atoms with Crippen molar-refractivity contribution < 1.29 is 19.1 Å². The van der Waals surface area contributed by atoms with Gasteiger partial charge in [-0.15, -0.1) is 0 Å². The summed E-state index contributed by atoms with van der Waals surface area (Å²) in [7, 11) is 0. The molecule has 0 aromatic carbocycles. The highest BCUT2D eigenvalue weighted by Gasteiger charge is 2.35. The normalized spacial score (nSPS) is 19.9. The van der Waals surface area contributed by atoms with Gasteiger partial charge in [-0.1, -0.05) is 61.4 Å². The summed E-state index contributed by atoms with van der Waals surface area (Å²) < 4.78 is 10.6. The molecule has 0 radical (unpaired) electrons. The first-order valence-corrected chi connectivity index (χ1v) is 10.2. The molecule has 1 fully saturated rings. The quantitative estimate of drug-likeness (QED) is 0.169. The number of halogens is 1. The Kier molecular flexibility index (Phi) is 11.5. The van der Waals surface area contributed by atoms with Crippen LogP contribution in [-0.2, 0) is 19.1 Å². The molecular formula is C20H31BrO4. The summed E-state index contributed by atoms with van der Waals surface area (Å²) in [4.78, 5) is 22.4. The van der Waals surface area contributed by atoms with Crippen LogP contribution in [0.4, 0.5) is 0 Å². The van der Waals surface area contributed by atoms with Gasteiger partial charge in [-0.3, -0.25) is 9.59 Å². The van der Waals surface area contributed by atoms with E-state index in [9.17, 15) is 9.59 Å². The number of carbonyl (C=O) groups excluding carboxylic acids is 2. The van der Waals surface area contributed by atoms with Crippen LogP contribution in [0.15, 0.2) is 22.9 Å². The fraction of sp³-hybridized carbons (Fsp3) is 0.700. The molecule has 0 N–H and O–H groups in total. The smallest absolute Gasteiger partial charge is 0.310 e. The van der Waals surface area contributed by atoms with Crippen molar-refractivity contribution in [1.29, 1.82) is 0 Å². The summed E-state index contributed by atoms with van der Waals surface area (Å²) in [5, 5.41) is 0. The van der Waals surface area contributed by atoms with Crippen LogP contribution in [0, 0.1) is 11.8 Å². The highest BCUT2D eigenvalue weighted by Crippen LogP contribution is 2.45. The van der Waals surface area contributed by atoms with Crippen LogP contribution in [-0.4, -0.2) is 18.5 Å². The van der Waals surface area contributed by atoms with E-state index < -0.39 is 0 Å². The Hall–Kier alpha value is -1.10. The van der Waals surface area contributed by atoms with Gasteiger partial charge in [0.2, 0.25) is 0 Å². The van der Waals surface area contributed by atoms with E-state index in [0.717, 1.165) is 18.3 Å². The molecule has 25 heavy (non-hydrogen) atoms. The lowest BCUT2D eigenvalue weighted by molar-refractivity contribution is -0.140. The fourth-order valence-corrected chi connectivity index (χ4v) is 3.13. The van der Waals surface area contributed by atoms with Crippen molar-refractivity contribution >= 4 is 27.9 Å². The predicted molar refractivity (Wildman–Crippen MR) is 103 cm³/mol. The third-order valence-electron chi connectivity index (χ3n) is 4.44. The molecule has 0 amide bonds. The third kappa shape index (κ3) is 12.0. The van der Waals surface area contributed by atoms with E-state index in [1.54, 1.807) is 12.2 Å². The Balaban J connectivity index is 2.03. The highest BCUT2D eigenvalue weighted by molar-refractivity contribution is 9.11. The molecule has 1 rings (SSSR count). The molecule has 0 aromatic rings. The Bertz CT molecular complexity index is 470. The summed E-state index contributed by atoms with van der Waals surface area (Å²) >= 11 is 3.26. The van der Waals surface area contributed by atoms with Gasteiger partial charge in [-0.25, -0.2) is 0 Å².